The lowest BCUT2D eigenvalue weighted by molar-refractivity contribution is -0.128. The zero-order chi connectivity index (χ0) is 18.7. The van der Waals surface area contributed by atoms with E-state index in [0.29, 0.717) is 48.6 Å². The summed E-state index contributed by atoms with van der Waals surface area (Å²) < 4.78 is 5.35. The van der Waals surface area contributed by atoms with Crippen LogP contribution < -0.4 is 11.1 Å². The zero-order valence-corrected chi connectivity index (χ0v) is 16.5. The molecule has 1 aliphatic rings. The first kappa shape index (κ1) is 20.3. The highest BCUT2D eigenvalue weighted by molar-refractivity contribution is 6.35. The third-order valence-electron chi connectivity index (χ3n) is 5.02. The average Bonchev–Trinajstić information content (AvgIpc) is 2.53. The van der Waals surface area contributed by atoms with Crippen molar-refractivity contribution in [2.24, 2.45) is 16.1 Å². The Kier molecular flexibility index (Phi) is 6.60. The molecule has 4 N–H and O–H groups in total. The average molecular weight is 388 g/mol. The lowest BCUT2D eigenvalue weighted by atomic mass is 9.70. The number of aliphatic imine (C=N–C) groups is 1. The number of hydrogen-bond acceptors (Lipinski definition) is 3. The molecule has 0 bridgehead atoms. The molecule has 0 spiro atoms. The number of hydrogen-bond donors (Lipinski definition) is 3. The fourth-order valence-electron chi connectivity index (χ4n) is 3.01. The minimum Gasteiger partial charge on any atom is -0.389 e. The highest BCUT2D eigenvalue weighted by atomic mass is 35.5. The van der Waals surface area contributed by atoms with Crippen LogP contribution in [-0.2, 0) is 4.74 Å². The Morgan fingerprint density at radius 1 is 1.40 bits per heavy atom. The van der Waals surface area contributed by atoms with E-state index in [9.17, 15) is 5.11 Å². The monoisotopic (exact) mass is 387 g/mol. The van der Waals surface area contributed by atoms with Crippen LogP contribution in [0.3, 0.4) is 0 Å². The van der Waals surface area contributed by atoms with Gasteiger partial charge in [-0.2, -0.15) is 0 Å². The van der Waals surface area contributed by atoms with Crippen molar-refractivity contribution in [2.75, 3.05) is 19.8 Å². The van der Waals surface area contributed by atoms with Crippen LogP contribution >= 0.6 is 23.2 Å². The van der Waals surface area contributed by atoms with Gasteiger partial charge in [0.2, 0.25) is 0 Å². The van der Waals surface area contributed by atoms with Crippen molar-refractivity contribution in [3.63, 3.8) is 0 Å². The summed E-state index contributed by atoms with van der Waals surface area (Å²) in [7, 11) is 0. The van der Waals surface area contributed by atoms with Gasteiger partial charge in [-0.05, 0) is 24.6 Å². The molecule has 140 valence electrons. The maximum atomic E-state index is 10.9. The van der Waals surface area contributed by atoms with Crippen LogP contribution in [0.5, 0.6) is 0 Å². The van der Waals surface area contributed by atoms with Crippen molar-refractivity contribution in [1.29, 1.82) is 0 Å². The van der Waals surface area contributed by atoms with E-state index in [1.54, 1.807) is 12.1 Å². The van der Waals surface area contributed by atoms with Crippen LogP contribution in [0.25, 0.3) is 0 Å². The quantitative estimate of drug-likeness (QED) is 0.533. The number of nitrogens with two attached hydrogens (primary N) is 1. The number of guanidine groups is 1. The smallest absolute Gasteiger partial charge is 0.189 e. The second kappa shape index (κ2) is 8.12. The Labute approximate surface area is 159 Å². The molecule has 1 atom stereocenters. The highest BCUT2D eigenvalue weighted by Crippen LogP contribution is 2.38. The summed E-state index contributed by atoms with van der Waals surface area (Å²) in [6, 6.07) is 5.25. The maximum absolute atomic E-state index is 10.9. The summed E-state index contributed by atoms with van der Waals surface area (Å²) in [5.41, 5.74) is 5.74. The van der Waals surface area contributed by atoms with Gasteiger partial charge in [0, 0.05) is 41.5 Å². The Morgan fingerprint density at radius 2 is 2.04 bits per heavy atom. The normalized spacial score (nSPS) is 19.5. The van der Waals surface area contributed by atoms with E-state index in [4.69, 9.17) is 33.7 Å². The molecule has 1 saturated heterocycles. The number of ether oxygens (including phenoxy) is 1. The summed E-state index contributed by atoms with van der Waals surface area (Å²) in [5, 5.41) is 15.2. The van der Waals surface area contributed by atoms with E-state index in [-0.39, 0.29) is 6.04 Å². The molecule has 2 rings (SSSR count). The fourth-order valence-corrected chi connectivity index (χ4v) is 3.59. The molecule has 1 aliphatic heterocycles. The predicted molar refractivity (Wildman–Crippen MR) is 103 cm³/mol. The van der Waals surface area contributed by atoms with E-state index in [1.165, 1.54) is 0 Å². The first-order chi connectivity index (χ1) is 11.6. The Balaban J connectivity index is 2.00. The first-order valence-electron chi connectivity index (χ1n) is 8.46. The van der Waals surface area contributed by atoms with Crippen LogP contribution in [-0.4, -0.2) is 36.4 Å². The van der Waals surface area contributed by atoms with Gasteiger partial charge in [-0.3, -0.25) is 4.99 Å². The van der Waals surface area contributed by atoms with Crippen molar-refractivity contribution in [1.82, 2.24) is 5.32 Å². The van der Waals surface area contributed by atoms with Gasteiger partial charge in [0.05, 0.1) is 18.2 Å². The Morgan fingerprint density at radius 3 is 2.64 bits per heavy atom. The van der Waals surface area contributed by atoms with E-state index < -0.39 is 11.0 Å². The molecule has 1 aromatic rings. The van der Waals surface area contributed by atoms with Gasteiger partial charge in [-0.1, -0.05) is 43.1 Å². The molecule has 1 fully saturated rings. The molecule has 5 nitrogen and oxygen atoms in total. The molecule has 0 aromatic heterocycles. The second-order valence-corrected chi connectivity index (χ2v) is 8.10. The number of rotatable bonds is 5. The largest absolute Gasteiger partial charge is 0.389 e. The van der Waals surface area contributed by atoms with E-state index in [2.05, 4.69) is 10.3 Å². The Hall–Kier alpha value is -1.01. The van der Waals surface area contributed by atoms with E-state index >= 15 is 0 Å². The molecule has 1 unspecified atom stereocenters. The topological polar surface area (TPSA) is 79.9 Å². The molecule has 7 heteroatoms. The van der Waals surface area contributed by atoms with Gasteiger partial charge in [0.25, 0.3) is 0 Å². The van der Waals surface area contributed by atoms with Gasteiger partial charge in [-0.25, -0.2) is 0 Å². The standard InChI is InChI=1S/C18H27Cl2N3O2/c1-12(14-5-4-13(19)10-15(14)20)23-16(21)22-11-17(2,3)18(24)6-8-25-9-7-18/h4-5,10,12,24H,6-9,11H2,1-3H3,(H3,21,22,23). The van der Waals surface area contributed by atoms with Crippen molar-refractivity contribution in [2.45, 2.75) is 45.3 Å². The van der Waals surface area contributed by atoms with Crippen LogP contribution in [0.15, 0.2) is 23.2 Å². The van der Waals surface area contributed by atoms with Crippen molar-refractivity contribution < 1.29 is 9.84 Å². The van der Waals surface area contributed by atoms with Crippen LogP contribution in [0.1, 0.15) is 45.2 Å². The molecule has 0 amide bonds. The summed E-state index contributed by atoms with van der Waals surface area (Å²) in [4.78, 5) is 4.44. The molecular weight excluding hydrogens is 361 g/mol. The third kappa shape index (κ3) is 5.00. The minimum absolute atomic E-state index is 0.109. The molecule has 0 aliphatic carbocycles. The second-order valence-electron chi connectivity index (χ2n) is 7.26. The van der Waals surface area contributed by atoms with E-state index in [1.807, 2.05) is 26.8 Å². The summed E-state index contributed by atoms with van der Waals surface area (Å²) in [6.07, 6.45) is 1.22. The van der Waals surface area contributed by atoms with Crippen LogP contribution in [0, 0.1) is 5.41 Å². The van der Waals surface area contributed by atoms with Crippen LogP contribution in [0.2, 0.25) is 10.0 Å². The predicted octanol–water partition coefficient (Wildman–Crippen LogP) is 3.53. The summed E-state index contributed by atoms with van der Waals surface area (Å²) in [6.45, 7) is 7.54. The molecule has 0 radical (unpaired) electrons. The van der Waals surface area contributed by atoms with Gasteiger partial charge in [-0.15, -0.1) is 0 Å². The fraction of sp³-hybridized carbons (Fsp3) is 0.611. The number of nitrogens with one attached hydrogen (secondary N) is 1. The van der Waals surface area contributed by atoms with Gasteiger partial charge in [0.1, 0.15) is 0 Å². The Bertz CT molecular complexity index is 629. The molecular formula is C18H27Cl2N3O2. The van der Waals surface area contributed by atoms with Gasteiger partial charge in [0.15, 0.2) is 5.96 Å². The third-order valence-corrected chi connectivity index (χ3v) is 5.58. The number of aliphatic hydroxyl groups is 1. The molecule has 25 heavy (non-hydrogen) atoms. The molecule has 1 aromatic carbocycles. The lowest BCUT2D eigenvalue weighted by Crippen LogP contribution is -2.50. The number of halogens is 2. The highest BCUT2D eigenvalue weighted by Gasteiger charge is 2.44. The van der Waals surface area contributed by atoms with Crippen molar-refractivity contribution in [3.8, 4) is 0 Å². The van der Waals surface area contributed by atoms with Gasteiger partial charge >= 0.3 is 0 Å². The van der Waals surface area contributed by atoms with Crippen LogP contribution in [0.4, 0.5) is 0 Å². The minimum atomic E-state index is -0.792. The SMILES string of the molecule is CC(NC(N)=NCC(C)(C)C1(O)CCOCC1)c1ccc(Cl)cc1Cl. The maximum Gasteiger partial charge on any atom is 0.189 e. The zero-order valence-electron chi connectivity index (χ0n) is 15.0. The lowest BCUT2D eigenvalue weighted by Gasteiger charge is -2.44. The number of nitrogens with zero attached hydrogens (tertiary/aromatic N) is 1. The van der Waals surface area contributed by atoms with E-state index in [0.717, 1.165) is 5.56 Å². The summed E-state index contributed by atoms with van der Waals surface area (Å²) in [5.74, 6) is 0.322. The van der Waals surface area contributed by atoms with Crippen molar-refractivity contribution in [3.05, 3.63) is 33.8 Å². The van der Waals surface area contributed by atoms with Gasteiger partial charge < -0.3 is 20.9 Å². The summed E-state index contributed by atoms with van der Waals surface area (Å²) >= 11 is 12.2. The number of benzene rings is 1. The molecule has 0 saturated carbocycles. The van der Waals surface area contributed by atoms with Crippen molar-refractivity contribution >= 4 is 29.2 Å². The first-order valence-corrected chi connectivity index (χ1v) is 9.22. The molecule has 1 heterocycles.